The van der Waals surface area contributed by atoms with Crippen LogP contribution in [0.15, 0.2) is 59.1 Å². The second-order valence-corrected chi connectivity index (χ2v) is 5.36. The lowest BCUT2D eigenvalue weighted by molar-refractivity contribution is -0.120. The molecule has 0 atom stereocenters. The number of nitrogens with zero attached hydrogens (tertiary/aromatic N) is 1. The number of halogens is 1. The minimum atomic E-state index is -0.632. The fourth-order valence-corrected chi connectivity index (χ4v) is 2.24. The van der Waals surface area contributed by atoms with E-state index in [1.165, 1.54) is 25.3 Å². The summed E-state index contributed by atoms with van der Waals surface area (Å²) in [6, 6.07) is 12.5. The summed E-state index contributed by atoms with van der Waals surface area (Å²) < 4.78 is 23.7. The Kier molecular flexibility index (Phi) is 4.70. The molecule has 25 heavy (non-hydrogen) atoms. The number of rotatable bonds is 5. The first-order valence-corrected chi connectivity index (χ1v) is 7.52. The Morgan fingerprint density at radius 2 is 1.84 bits per heavy atom. The van der Waals surface area contributed by atoms with Crippen molar-refractivity contribution in [2.45, 2.75) is 6.92 Å². The van der Waals surface area contributed by atoms with Gasteiger partial charge in [-0.05, 0) is 43.3 Å². The molecule has 0 amide bonds. The molecule has 0 saturated carbocycles. The van der Waals surface area contributed by atoms with E-state index in [4.69, 9.17) is 9.15 Å². The largest absolute Gasteiger partial charge is 0.454 e. The van der Waals surface area contributed by atoms with Gasteiger partial charge in [0.15, 0.2) is 11.5 Å². The molecule has 0 bridgehead atoms. The highest BCUT2D eigenvalue weighted by molar-refractivity contribution is 5.97. The van der Waals surface area contributed by atoms with Crippen molar-refractivity contribution in [3.05, 3.63) is 66.1 Å². The molecule has 0 unspecified atom stereocenters. The van der Waals surface area contributed by atoms with Crippen molar-refractivity contribution < 1.29 is 23.1 Å². The summed E-state index contributed by atoms with van der Waals surface area (Å²) in [5.41, 5.74) is 1.36. The van der Waals surface area contributed by atoms with Crippen LogP contribution < -0.4 is 0 Å². The highest BCUT2D eigenvalue weighted by atomic mass is 19.1. The molecule has 0 aliphatic carbocycles. The summed E-state index contributed by atoms with van der Waals surface area (Å²) in [6.45, 7) is 1.04. The number of hydrogen-bond donors (Lipinski definition) is 0. The Balaban J connectivity index is 1.91. The van der Waals surface area contributed by atoms with Gasteiger partial charge in [-0.3, -0.25) is 4.79 Å². The average Bonchev–Trinajstić information content (AvgIpc) is 3.10. The molecule has 0 saturated heterocycles. The number of ether oxygens (including phenoxy) is 1. The smallest absolute Gasteiger partial charge is 0.339 e. The molecular formula is C19H14FNO4. The first kappa shape index (κ1) is 16.6. The molecular weight excluding hydrogens is 325 g/mol. The quantitative estimate of drug-likeness (QED) is 0.660. The summed E-state index contributed by atoms with van der Waals surface area (Å²) in [6.07, 6.45) is 1.50. The maximum absolute atomic E-state index is 13.0. The minimum absolute atomic E-state index is 0.231. The van der Waals surface area contributed by atoms with E-state index in [0.717, 1.165) is 0 Å². The summed E-state index contributed by atoms with van der Waals surface area (Å²) in [5, 5.41) is 0. The van der Waals surface area contributed by atoms with E-state index < -0.39 is 5.97 Å². The van der Waals surface area contributed by atoms with Gasteiger partial charge < -0.3 is 9.15 Å². The lowest BCUT2D eigenvalue weighted by atomic mass is 10.1. The van der Waals surface area contributed by atoms with Gasteiger partial charge >= 0.3 is 5.97 Å². The van der Waals surface area contributed by atoms with E-state index in [0.29, 0.717) is 16.9 Å². The SMILES string of the molecule is CC(=O)COC(=O)c1ccccc1-c1ncc(-c2ccc(F)cc2)o1. The number of benzene rings is 2. The van der Waals surface area contributed by atoms with Gasteiger partial charge in [-0.15, -0.1) is 0 Å². The molecule has 126 valence electrons. The summed E-state index contributed by atoms with van der Waals surface area (Å²) in [4.78, 5) is 27.3. The fourth-order valence-electron chi connectivity index (χ4n) is 2.24. The molecule has 0 aliphatic rings. The Morgan fingerprint density at radius 1 is 1.12 bits per heavy atom. The third-order valence-corrected chi connectivity index (χ3v) is 3.42. The van der Waals surface area contributed by atoms with Crippen molar-refractivity contribution in [2.24, 2.45) is 0 Å². The van der Waals surface area contributed by atoms with Gasteiger partial charge in [-0.25, -0.2) is 14.2 Å². The molecule has 0 radical (unpaired) electrons. The van der Waals surface area contributed by atoms with E-state index in [1.54, 1.807) is 36.4 Å². The van der Waals surface area contributed by atoms with Crippen LogP contribution in [0.3, 0.4) is 0 Å². The lowest BCUT2D eigenvalue weighted by Gasteiger charge is -2.06. The average molecular weight is 339 g/mol. The lowest BCUT2D eigenvalue weighted by Crippen LogP contribution is -2.12. The molecule has 2 aromatic carbocycles. The summed E-state index contributed by atoms with van der Waals surface area (Å²) >= 11 is 0. The number of carbonyl (C=O) groups is 2. The Labute approximate surface area is 143 Å². The van der Waals surface area contributed by atoms with Crippen molar-refractivity contribution in [3.8, 4) is 22.8 Å². The summed E-state index contributed by atoms with van der Waals surface area (Å²) in [7, 11) is 0. The van der Waals surface area contributed by atoms with Crippen molar-refractivity contribution in [1.82, 2.24) is 4.98 Å². The van der Waals surface area contributed by atoms with Crippen LogP contribution >= 0.6 is 0 Å². The number of esters is 1. The van der Waals surface area contributed by atoms with E-state index in [9.17, 15) is 14.0 Å². The molecule has 5 nitrogen and oxygen atoms in total. The van der Waals surface area contributed by atoms with Crippen LogP contribution in [0.25, 0.3) is 22.8 Å². The molecule has 0 spiro atoms. The van der Waals surface area contributed by atoms with Gasteiger partial charge in [0.05, 0.1) is 17.3 Å². The third kappa shape index (κ3) is 3.80. The number of hydrogen-bond acceptors (Lipinski definition) is 5. The number of ketones is 1. The van der Waals surface area contributed by atoms with Crippen LogP contribution in [0.4, 0.5) is 4.39 Å². The van der Waals surface area contributed by atoms with Gasteiger partial charge in [0.1, 0.15) is 12.4 Å². The van der Waals surface area contributed by atoms with Crippen LogP contribution in [0.1, 0.15) is 17.3 Å². The molecule has 0 fully saturated rings. The molecule has 3 aromatic rings. The number of aromatic nitrogens is 1. The number of Topliss-reactive ketones (excluding diaryl/α,β-unsaturated/α-hetero) is 1. The fraction of sp³-hybridized carbons (Fsp3) is 0.105. The maximum atomic E-state index is 13.0. The van der Waals surface area contributed by atoms with Gasteiger partial charge in [-0.1, -0.05) is 12.1 Å². The van der Waals surface area contributed by atoms with Crippen LogP contribution in [0.2, 0.25) is 0 Å². The first-order valence-electron chi connectivity index (χ1n) is 7.52. The van der Waals surface area contributed by atoms with Crippen molar-refractivity contribution in [1.29, 1.82) is 0 Å². The van der Waals surface area contributed by atoms with Crippen molar-refractivity contribution in [2.75, 3.05) is 6.61 Å². The number of carbonyl (C=O) groups excluding carboxylic acids is 2. The first-order chi connectivity index (χ1) is 12.0. The van der Waals surface area contributed by atoms with Crippen molar-refractivity contribution >= 4 is 11.8 Å². The van der Waals surface area contributed by atoms with Gasteiger partial charge in [-0.2, -0.15) is 0 Å². The van der Waals surface area contributed by atoms with E-state index in [2.05, 4.69) is 4.98 Å². The van der Waals surface area contributed by atoms with Crippen LogP contribution in [0.5, 0.6) is 0 Å². The Hall–Kier alpha value is -3.28. The predicted molar refractivity (Wildman–Crippen MR) is 88.3 cm³/mol. The molecule has 6 heteroatoms. The highest BCUT2D eigenvalue weighted by Crippen LogP contribution is 2.28. The molecule has 1 heterocycles. The Bertz CT molecular complexity index is 915. The number of oxazole rings is 1. The van der Waals surface area contributed by atoms with Gasteiger partial charge in [0.25, 0.3) is 0 Å². The second-order valence-electron chi connectivity index (χ2n) is 5.36. The third-order valence-electron chi connectivity index (χ3n) is 3.42. The van der Waals surface area contributed by atoms with Crippen LogP contribution in [-0.2, 0) is 9.53 Å². The normalized spacial score (nSPS) is 10.5. The molecule has 3 rings (SSSR count). The second kappa shape index (κ2) is 7.09. The Morgan fingerprint density at radius 3 is 2.56 bits per heavy atom. The van der Waals surface area contributed by atoms with E-state index in [-0.39, 0.29) is 29.7 Å². The minimum Gasteiger partial charge on any atom is -0.454 e. The zero-order valence-corrected chi connectivity index (χ0v) is 13.4. The molecule has 1 aromatic heterocycles. The van der Waals surface area contributed by atoms with E-state index in [1.807, 2.05) is 0 Å². The zero-order valence-electron chi connectivity index (χ0n) is 13.4. The monoisotopic (exact) mass is 339 g/mol. The molecule has 0 N–H and O–H groups in total. The zero-order chi connectivity index (χ0) is 17.8. The standard InChI is InChI=1S/C19H14FNO4/c1-12(22)11-24-19(23)16-5-3-2-4-15(16)18-21-10-17(25-18)13-6-8-14(20)9-7-13/h2-10H,11H2,1H3. The van der Waals surface area contributed by atoms with Crippen molar-refractivity contribution in [3.63, 3.8) is 0 Å². The van der Waals surface area contributed by atoms with Gasteiger partial charge in [0, 0.05) is 5.56 Å². The van der Waals surface area contributed by atoms with E-state index >= 15 is 0 Å². The predicted octanol–water partition coefficient (Wildman–Crippen LogP) is 3.89. The highest BCUT2D eigenvalue weighted by Gasteiger charge is 2.18. The summed E-state index contributed by atoms with van der Waals surface area (Å²) in [5.74, 6) is -0.549. The van der Waals surface area contributed by atoms with Gasteiger partial charge in [0.2, 0.25) is 5.89 Å². The topological polar surface area (TPSA) is 69.4 Å². The van der Waals surface area contributed by atoms with Crippen LogP contribution in [0, 0.1) is 5.82 Å². The van der Waals surface area contributed by atoms with Crippen LogP contribution in [-0.4, -0.2) is 23.3 Å². The molecule has 0 aliphatic heterocycles. The maximum Gasteiger partial charge on any atom is 0.339 e.